The first kappa shape index (κ1) is 15.8. The summed E-state index contributed by atoms with van der Waals surface area (Å²) in [6, 6.07) is 3.66. The molecule has 1 fully saturated rings. The van der Waals surface area contributed by atoms with E-state index in [1.165, 1.54) is 11.3 Å². The van der Waals surface area contributed by atoms with Gasteiger partial charge < -0.3 is 14.5 Å². The molecule has 2 amide bonds. The second-order valence-electron chi connectivity index (χ2n) is 6.25. The molecule has 0 aliphatic carbocycles. The van der Waals surface area contributed by atoms with Crippen LogP contribution in [0.1, 0.15) is 37.4 Å². The molecule has 0 aromatic carbocycles. The quantitative estimate of drug-likeness (QED) is 0.801. The zero-order chi connectivity index (χ0) is 15.6. The largest absolute Gasteiger partial charge is 0.444 e. The van der Waals surface area contributed by atoms with E-state index in [0.717, 1.165) is 4.88 Å². The number of amides is 2. The van der Waals surface area contributed by atoms with Gasteiger partial charge >= 0.3 is 6.09 Å². The molecule has 1 aliphatic heterocycles. The highest BCUT2D eigenvalue weighted by molar-refractivity contribution is 7.12. The second kappa shape index (κ2) is 6.05. The highest BCUT2D eigenvalue weighted by Gasteiger charge is 2.32. The maximum atomic E-state index is 12.3. The van der Waals surface area contributed by atoms with E-state index in [-0.39, 0.29) is 18.0 Å². The average molecular weight is 310 g/mol. The van der Waals surface area contributed by atoms with Crippen molar-refractivity contribution in [3.63, 3.8) is 0 Å². The van der Waals surface area contributed by atoms with Crippen molar-refractivity contribution in [3.8, 4) is 0 Å². The number of hydrogen-bond donors (Lipinski definition) is 0. The number of carbonyl (C=O) groups is 2. The molecule has 1 aromatic rings. The van der Waals surface area contributed by atoms with Gasteiger partial charge in [-0.2, -0.15) is 0 Å². The highest BCUT2D eigenvalue weighted by atomic mass is 32.1. The summed E-state index contributed by atoms with van der Waals surface area (Å²) in [5.41, 5.74) is -0.499. The molecule has 5 nitrogen and oxygen atoms in total. The van der Waals surface area contributed by atoms with E-state index < -0.39 is 5.60 Å². The Morgan fingerprint density at radius 2 is 2.05 bits per heavy atom. The standard InChI is InChI=1S/C15H22N2O3S/c1-11-10-16(13(18)12-6-5-9-21-12)7-8-17(11)14(19)20-15(2,3)4/h5-6,9,11H,7-8,10H2,1-4H3. The first-order chi connectivity index (χ1) is 9.78. The third-order valence-corrected chi connectivity index (χ3v) is 4.13. The number of rotatable bonds is 1. The summed E-state index contributed by atoms with van der Waals surface area (Å²) in [7, 11) is 0. The Morgan fingerprint density at radius 1 is 1.33 bits per heavy atom. The first-order valence-electron chi connectivity index (χ1n) is 7.10. The monoisotopic (exact) mass is 310 g/mol. The Kier molecular flexibility index (Phi) is 4.56. The van der Waals surface area contributed by atoms with Crippen molar-refractivity contribution < 1.29 is 14.3 Å². The normalized spacial score (nSPS) is 19.5. The number of ether oxygens (including phenoxy) is 1. The Morgan fingerprint density at radius 3 is 2.57 bits per heavy atom. The van der Waals surface area contributed by atoms with E-state index >= 15 is 0 Å². The molecule has 0 saturated carbocycles. The molecule has 6 heteroatoms. The molecular weight excluding hydrogens is 288 g/mol. The van der Waals surface area contributed by atoms with E-state index in [0.29, 0.717) is 19.6 Å². The molecule has 2 heterocycles. The van der Waals surface area contributed by atoms with Gasteiger partial charge in [-0.3, -0.25) is 4.79 Å². The fraction of sp³-hybridized carbons (Fsp3) is 0.600. The van der Waals surface area contributed by atoms with Gasteiger partial charge in [0.1, 0.15) is 5.60 Å². The predicted molar refractivity (Wildman–Crippen MR) is 82.6 cm³/mol. The van der Waals surface area contributed by atoms with Gasteiger partial charge in [-0.25, -0.2) is 4.79 Å². The van der Waals surface area contributed by atoms with Gasteiger partial charge in [0, 0.05) is 25.7 Å². The molecular formula is C15H22N2O3S. The first-order valence-corrected chi connectivity index (χ1v) is 7.98. The van der Waals surface area contributed by atoms with Gasteiger partial charge in [0.15, 0.2) is 0 Å². The maximum Gasteiger partial charge on any atom is 0.410 e. The number of carbonyl (C=O) groups excluding carboxylic acids is 2. The van der Waals surface area contributed by atoms with Gasteiger partial charge in [-0.05, 0) is 39.1 Å². The fourth-order valence-corrected chi connectivity index (χ4v) is 2.98. The van der Waals surface area contributed by atoms with Crippen molar-refractivity contribution in [1.82, 2.24) is 9.80 Å². The predicted octanol–water partition coefficient (Wildman–Crippen LogP) is 2.83. The molecule has 21 heavy (non-hydrogen) atoms. The summed E-state index contributed by atoms with van der Waals surface area (Å²) in [4.78, 5) is 28.7. The fourth-order valence-electron chi connectivity index (χ4n) is 2.29. The van der Waals surface area contributed by atoms with Gasteiger partial charge in [0.25, 0.3) is 5.91 Å². The smallest absolute Gasteiger partial charge is 0.410 e. The molecule has 2 rings (SSSR count). The molecule has 1 aromatic heterocycles. The van der Waals surface area contributed by atoms with Crippen LogP contribution in [-0.4, -0.2) is 53.1 Å². The van der Waals surface area contributed by atoms with Gasteiger partial charge in [-0.1, -0.05) is 6.07 Å². The minimum Gasteiger partial charge on any atom is -0.444 e. The SMILES string of the molecule is CC1CN(C(=O)c2cccs2)CCN1C(=O)OC(C)(C)C. The van der Waals surface area contributed by atoms with Gasteiger partial charge in [0.05, 0.1) is 4.88 Å². The van der Waals surface area contributed by atoms with E-state index in [2.05, 4.69) is 0 Å². The van der Waals surface area contributed by atoms with E-state index in [4.69, 9.17) is 4.74 Å². The minimum atomic E-state index is -0.499. The third-order valence-electron chi connectivity index (χ3n) is 3.27. The van der Waals surface area contributed by atoms with Crippen LogP contribution < -0.4 is 0 Å². The van der Waals surface area contributed by atoms with Gasteiger partial charge in [-0.15, -0.1) is 11.3 Å². The van der Waals surface area contributed by atoms with Gasteiger partial charge in [0.2, 0.25) is 0 Å². The van der Waals surface area contributed by atoms with Crippen LogP contribution in [0.4, 0.5) is 4.79 Å². The maximum absolute atomic E-state index is 12.3. The summed E-state index contributed by atoms with van der Waals surface area (Å²) in [5.74, 6) is 0.0423. The Balaban J connectivity index is 1.96. The van der Waals surface area contributed by atoms with Crippen LogP contribution in [0.25, 0.3) is 0 Å². The summed E-state index contributed by atoms with van der Waals surface area (Å²) < 4.78 is 5.40. The lowest BCUT2D eigenvalue weighted by Gasteiger charge is -2.40. The van der Waals surface area contributed by atoms with Crippen LogP contribution in [-0.2, 0) is 4.74 Å². The molecule has 0 radical (unpaired) electrons. The zero-order valence-electron chi connectivity index (χ0n) is 13.0. The summed E-state index contributed by atoms with van der Waals surface area (Å²) in [6.45, 7) is 9.09. The van der Waals surface area contributed by atoms with Crippen molar-refractivity contribution >= 4 is 23.3 Å². The molecule has 116 valence electrons. The van der Waals surface area contributed by atoms with E-state index in [1.807, 2.05) is 45.2 Å². The summed E-state index contributed by atoms with van der Waals surface area (Å²) >= 11 is 1.44. The van der Waals surface area contributed by atoms with Crippen LogP contribution in [0.3, 0.4) is 0 Å². The number of nitrogens with zero attached hydrogens (tertiary/aromatic N) is 2. The lowest BCUT2D eigenvalue weighted by molar-refractivity contribution is 0.00206. The van der Waals surface area contributed by atoms with Crippen LogP contribution in [0.2, 0.25) is 0 Å². The topological polar surface area (TPSA) is 49.9 Å². The Bertz CT molecular complexity index is 507. The zero-order valence-corrected chi connectivity index (χ0v) is 13.8. The molecule has 1 atom stereocenters. The van der Waals surface area contributed by atoms with Crippen LogP contribution in [0.5, 0.6) is 0 Å². The molecule has 1 aliphatic rings. The number of thiophene rings is 1. The number of piperazine rings is 1. The average Bonchev–Trinajstić information content (AvgIpc) is 2.89. The lowest BCUT2D eigenvalue weighted by Crippen LogP contribution is -2.56. The van der Waals surface area contributed by atoms with Crippen LogP contribution in [0, 0.1) is 0 Å². The van der Waals surface area contributed by atoms with Crippen molar-refractivity contribution in [2.24, 2.45) is 0 Å². The molecule has 0 bridgehead atoms. The minimum absolute atomic E-state index is 0.0423. The van der Waals surface area contributed by atoms with E-state index in [9.17, 15) is 9.59 Å². The van der Waals surface area contributed by atoms with Crippen LogP contribution >= 0.6 is 11.3 Å². The van der Waals surface area contributed by atoms with Crippen LogP contribution in [0.15, 0.2) is 17.5 Å². The van der Waals surface area contributed by atoms with Crippen molar-refractivity contribution in [2.45, 2.75) is 39.3 Å². The molecule has 1 unspecified atom stereocenters. The lowest BCUT2D eigenvalue weighted by atomic mass is 10.2. The Hall–Kier alpha value is -1.56. The molecule has 1 saturated heterocycles. The second-order valence-corrected chi connectivity index (χ2v) is 7.20. The number of hydrogen-bond acceptors (Lipinski definition) is 4. The van der Waals surface area contributed by atoms with E-state index in [1.54, 1.807) is 9.80 Å². The Labute approximate surface area is 129 Å². The van der Waals surface area contributed by atoms with Crippen molar-refractivity contribution in [2.75, 3.05) is 19.6 Å². The summed E-state index contributed by atoms with van der Waals surface area (Å²) in [6.07, 6.45) is -0.307. The molecule has 0 N–H and O–H groups in total. The third kappa shape index (κ3) is 3.97. The molecule has 0 spiro atoms. The summed E-state index contributed by atoms with van der Waals surface area (Å²) in [5, 5.41) is 1.90. The van der Waals surface area contributed by atoms with Crippen molar-refractivity contribution in [1.29, 1.82) is 0 Å². The van der Waals surface area contributed by atoms with Crippen molar-refractivity contribution in [3.05, 3.63) is 22.4 Å². The highest BCUT2D eigenvalue weighted by Crippen LogP contribution is 2.18.